The number of aliphatic hydroxyl groups is 1. The van der Waals surface area contributed by atoms with E-state index in [1.165, 1.54) is 0 Å². The molecule has 0 spiro atoms. The summed E-state index contributed by atoms with van der Waals surface area (Å²) in [7, 11) is 0. The largest absolute Gasteiger partial charge is 1.00 e. The van der Waals surface area contributed by atoms with Gasteiger partial charge in [0.25, 0.3) is 0 Å². The van der Waals surface area contributed by atoms with E-state index in [4.69, 9.17) is 15.3 Å². The Kier molecular flexibility index (Phi) is 15.5. The van der Waals surface area contributed by atoms with Gasteiger partial charge in [-0.2, -0.15) is 0 Å². The fourth-order valence-corrected chi connectivity index (χ4v) is 0.384. The summed E-state index contributed by atoms with van der Waals surface area (Å²) in [6.07, 6.45) is -2.13. The van der Waals surface area contributed by atoms with Gasteiger partial charge >= 0.3 is 71.1 Å². The van der Waals surface area contributed by atoms with Gasteiger partial charge in [-0.25, -0.2) is 4.79 Å². The number of rotatable bonds is 4. The molecule has 0 aliphatic carbocycles. The maximum atomic E-state index is 9.87. The van der Waals surface area contributed by atoms with Crippen molar-refractivity contribution in [2.24, 2.45) is 0 Å². The molecule has 0 aromatic carbocycles. The number of aliphatic hydroxyl groups excluding tert-OH is 1. The van der Waals surface area contributed by atoms with Crippen LogP contribution in [0.5, 0.6) is 0 Å². The van der Waals surface area contributed by atoms with Crippen LogP contribution in [0.1, 0.15) is 15.7 Å². The van der Waals surface area contributed by atoms with Crippen LogP contribution < -0.4 is 59.1 Å². The SMILES string of the molecule is O=C(O)CC[C@H](O)C(=O)O.[H-].[H-].[Na+].[Na+]. The van der Waals surface area contributed by atoms with Crippen LogP contribution in [0.4, 0.5) is 0 Å². The molecular weight excluding hydrogens is 186 g/mol. The molecule has 0 rings (SSSR count). The predicted octanol–water partition coefficient (Wildman–Crippen LogP) is -6.47. The zero-order chi connectivity index (χ0) is 8.15. The zero-order valence-corrected chi connectivity index (χ0v) is 11.1. The van der Waals surface area contributed by atoms with Crippen molar-refractivity contribution in [2.45, 2.75) is 18.9 Å². The molecule has 1 atom stereocenters. The molecule has 0 aromatic rings. The normalized spacial score (nSPS) is 10.4. The average molecular weight is 196 g/mol. The van der Waals surface area contributed by atoms with Crippen molar-refractivity contribution in [1.82, 2.24) is 0 Å². The summed E-state index contributed by atoms with van der Waals surface area (Å²) in [5.74, 6) is -2.50. The number of carbonyl (C=O) groups is 2. The first kappa shape index (κ1) is 18.6. The van der Waals surface area contributed by atoms with E-state index < -0.39 is 18.0 Å². The van der Waals surface area contributed by atoms with Gasteiger partial charge in [-0.1, -0.05) is 0 Å². The molecule has 0 saturated carbocycles. The first-order valence-corrected chi connectivity index (χ1v) is 2.66. The van der Waals surface area contributed by atoms with E-state index in [1.54, 1.807) is 0 Å². The van der Waals surface area contributed by atoms with Crippen LogP contribution in [0.15, 0.2) is 0 Å². The van der Waals surface area contributed by atoms with E-state index in [0.717, 1.165) is 0 Å². The van der Waals surface area contributed by atoms with Gasteiger partial charge in [0.1, 0.15) is 0 Å². The Bertz CT molecular complexity index is 157. The Morgan fingerprint density at radius 1 is 1.25 bits per heavy atom. The molecule has 0 heterocycles. The molecular formula is C5H10Na2O5. The van der Waals surface area contributed by atoms with E-state index in [9.17, 15) is 9.59 Å². The Morgan fingerprint density at radius 2 is 1.67 bits per heavy atom. The molecule has 0 aliphatic heterocycles. The number of hydrogen-bond donors (Lipinski definition) is 3. The fourth-order valence-electron chi connectivity index (χ4n) is 0.384. The van der Waals surface area contributed by atoms with E-state index >= 15 is 0 Å². The molecule has 0 aliphatic rings. The van der Waals surface area contributed by atoms with Gasteiger partial charge in [0, 0.05) is 6.42 Å². The molecule has 0 unspecified atom stereocenters. The van der Waals surface area contributed by atoms with Crippen LogP contribution in [0.3, 0.4) is 0 Å². The minimum Gasteiger partial charge on any atom is -1.00 e. The molecule has 3 N–H and O–H groups in total. The van der Waals surface area contributed by atoms with Crippen LogP contribution >= 0.6 is 0 Å². The van der Waals surface area contributed by atoms with Crippen LogP contribution in [-0.2, 0) is 9.59 Å². The van der Waals surface area contributed by atoms with Crippen molar-refractivity contribution in [3.05, 3.63) is 0 Å². The van der Waals surface area contributed by atoms with Crippen LogP contribution in [0.25, 0.3) is 0 Å². The molecule has 0 bridgehead atoms. The number of carboxylic acid groups (broad SMARTS) is 2. The monoisotopic (exact) mass is 196 g/mol. The Hall–Kier alpha value is 0.900. The summed E-state index contributed by atoms with van der Waals surface area (Å²) in [5.41, 5.74) is 0. The maximum absolute atomic E-state index is 9.87. The Morgan fingerprint density at radius 3 is 1.92 bits per heavy atom. The first-order chi connectivity index (χ1) is 4.54. The van der Waals surface area contributed by atoms with Gasteiger partial charge in [-0.15, -0.1) is 0 Å². The van der Waals surface area contributed by atoms with Gasteiger partial charge in [0.15, 0.2) is 6.10 Å². The van der Waals surface area contributed by atoms with Crippen LogP contribution in [-0.4, -0.2) is 33.4 Å². The quantitative estimate of drug-likeness (QED) is 0.389. The number of aliphatic carboxylic acids is 2. The van der Waals surface area contributed by atoms with Gasteiger partial charge in [-0.3, -0.25) is 4.79 Å². The third kappa shape index (κ3) is 10.9. The summed E-state index contributed by atoms with van der Waals surface area (Å²) in [6.45, 7) is 0. The molecule has 5 nitrogen and oxygen atoms in total. The fraction of sp³-hybridized carbons (Fsp3) is 0.600. The van der Waals surface area contributed by atoms with Crippen molar-refractivity contribution < 1.29 is 86.9 Å². The molecule has 62 valence electrons. The Balaban J connectivity index is -0.0000000675. The molecule has 0 aromatic heterocycles. The number of hydrogen-bond acceptors (Lipinski definition) is 3. The molecule has 0 amide bonds. The molecule has 12 heavy (non-hydrogen) atoms. The van der Waals surface area contributed by atoms with E-state index in [1.807, 2.05) is 0 Å². The van der Waals surface area contributed by atoms with Gasteiger partial charge in [0.2, 0.25) is 0 Å². The minimum absolute atomic E-state index is 0. The molecule has 0 fully saturated rings. The van der Waals surface area contributed by atoms with Crippen LogP contribution in [0.2, 0.25) is 0 Å². The molecule has 0 radical (unpaired) electrons. The van der Waals surface area contributed by atoms with E-state index in [-0.39, 0.29) is 74.8 Å². The predicted molar refractivity (Wildman–Crippen MR) is 32.7 cm³/mol. The zero-order valence-electron chi connectivity index (χ0n) is 9.15. The molecule has 7 heteroatoms. The van der Waals surface area contributed by atoms with Crippen molar-refractivity contribution in [3.63, 3.8) is 0 Å². The number of carboxylic acids is 2. The van der Waals surface area contributed by atoms with E-state index in [2.05, 4.69) is 0 Å². The first-order valence-electron chi connectivity index (χ1n) is 2.66. The summed E-state index contributed by atoms with van der Waals surface area (Å²) >= 11 is 0. The topological polar surface area (TPSA) is 94.8 Å². The molecule has 0 saturated heterocycles. The summed E-state index contributed by atoms with van der Waals surface area (Å²) in [4.78, 5) is 19.7. The average Bonchev–Trinajstić information content (AvgIpc) is 1.82. The van der Waals surface area contributed by atoms with Crippen molar-refractivity contribution in [1.29, 1.82) is 0 Å². The van der Waals surface area contributed by atoms with Crippen molar-refractivity contribution in [3.8, 4) is 0 Å². The van der Waals surface area contributed by atoms with Crippen molar-refractivity contribution >= 4 is 11.9 Å². The standard InChI is InChI=1S/C5H8O5.2Na.2H/c6-3(5(9)10)1-2-4(7)8;;;;/h3,6H,1-2H2,(H,7,8)(H,9,10);;;;/q;2*+1;2*-1/t3-;;;;/m0..../s1. The van der Waals surface area contributed by atoms with Gasteiger partial charge in [-0.05, 0) is 6.42 Å². The van der Waals surface area contributed by atoms with Gasteiger partial charge < -0.3 is 18.2 Å². The summed E-state index contributed by atoms with van der Waals surface area (Å²) in [5, 5.41) is 24.6. The summed E-state index contributed by atoms with van der Waals surface area (Å²) < 4.78 is 0. The maximum Gasteiger partial charge on any atom is 1.00 e. The minimum atomic E-state index is -1.56. The Labute approximate surface area is 117 Å². The van der Waals surface area contributed by atoms with Crippen LogP contribution in [0, 0.1) is 0 Å². The van der Waals surface area contributed by atoms with Crippen molar-refractivity contribution in [2.75, 3.05) is 0 Å². The van der Waals surface area contributed by atoms with E-state index in [0.29, 0.717) is 0 Å². The summed E-state index contributed by atoms with van der Waals surface area (Å²) in [6, 6.07) is 0. The second-order valence-electron chi connectivity index (χ2n) is 1.79. The van der Waals surface area contributed by atoms with Gasteiger partial charge in [0.05, 0.1) is 0 Å². The smallest absolute Gasteiger partial charge is 1.00 e. The second-order valence-corrected chi connectivity index (χ2v) is 1.79. The third-order valence-corrected chi connectivity index (χ3v) is 0.917. The second kappa shape index (κ2) is 9.98. The third-order valence-electron chi connectivity index (χ3n) is 0.917.